The average Bonchev–Trinajstić information content (AvgIpc) is 3.26. The molecule has 0 unspecified atom stereocenters. The number of hydrogen-bond donors (Lipinski definition) is 2. The first-order valence-corrected chi connectivity index (χ1v) is 13.6. The van der Waals surface area contributed by atoms with E-state index in [0.29, 0.717) is 18.9 Å². The molecule has 1 aliphatic carbocycles. The van der Waals surface area contributed by atoms with E-state index in [0.717, 1.165) is 22.5 Å². The number of nitrogens with one attached hydrogen (secondary N) is 2. The molecule has 202 valence electrons. The molecule has 6 heteroatoms. The molecule has 0 spiro atoms. The summed E-state index contributed by atoms with van der Waals surface area (Å²) >= 11 is 0. The Morgan fingerprint density at radius 2 is 1.59 bits per heavy atom. The van der Waals surface area contributed by atoms with Crippen LogP contribution in [0.4, 0.5) is 11.4 Å². The Hall–Kier alpha value is -4.06. The van der Waals surface area contributed by atoms with Crippen molar-refractivity contribution in [2.45, 2.75) is 39.7 Å². The predicted molar refractivity (Wildman–Crippen MR) is 159 cm³/mol. The van der Waals surface area contributed by atoms with Gasteiger partial charge in [-0.3, -0.25) is 9.59 Å². The monoisotopic (exact) mass is 522 g/mol. The van der Waals surface area contributed by atoms with Gasteiger partial charge in [0.2, 0.25) is 11.8 Å². The van der Waals surface area contributed by atoms with Crippen LogP contribution < -0.4 is 10.2 Å². The first-order valence-electron chi connectivity index (χ1n) is 13.6. The number of aryl methyl sites for hydroxylation is 1. The van der Waals surface area contributed by atoms with Crippen LogP contribution >= 0.6 is 0 Å². The minimum absolute atomic E-state index is 0.000243. The third-order valence-electron chi connectivity index (χ3n) is 8.27. The van der Waals surface area contributed by atoms with Crippen molar-refractivity contribution in [2.75, 3.05) is 30.9 Å². The first kappa shape index (κ1) is 26.5. The molecule has 1 fully saturated rings. The molecule has 1 saturated carbocycles. The Balaban J connectivity index is 1.32. The summed E-state index contributed by atoms with van der Waals surface area (Å²) in [6.07, 6.45) is 0.411. The second-order valence-corrected chi connectivity index (χ2v) is 11.5. The van der Waals surface area contributed by atoms with Gasteiger partial charge in [-0.2, -0.15) is 0 Å². The van der Waals surface area contributed by atoms with Gasteiger partial charge in [0.05, 0.1) is 0 Å². The van der Waals surface area contributed by atoms with Crippen LogP contribution in [0.5, 0.6) is 0 Å². The first-order chi connectivity index (χ1) is 18.6. The summed E-state index contributed by atoms with van der Waals surface area (Å²) in [5, 5.41) is 4.21. The number of aromatic nitrogens is 1. The lowest BCUT2D eigenvalue weighted by molar-refractivity contribution is -0.135. The van der Waals surface area contributed by atoms with Crippen LogP contribution in [0.15, 0.2) is 78.9 Å². The van der Waals surface area contributed by atoms with E-state index >= 15 is 0 Å². The number of carbonyl (C=O) groups is 2. The van der Waals surface area contributed by atoms with Gasteiger partial charge in [0.15, 0.2) is 0 Å². The molecular formula is C33H38N4O2. The molecule has 6 nitrogen and oxygen atoms in total. The number of hydrogen-bond acceptors (Lipinski definition) is 3. The molecule has 1 aliphatic rings. The third kappa shape index (κ3) is 5.56. The Kier molecular flexibility index (Phi) is 7.21. The standard InChI is InChI=1S/C33H38N4O2/c1-22-31(26-13-9-10-14-28(26)34-22)32-27(33(32,2)3)19-30(39)37(20-23-11-7-6-8-12-23)21-29(38)35-24-15-17-25(18-16-24)36(4)5/h6-18,27,32,34H,19-21H2,1-5H3,(H,35,38)/t27-,32+/m0/s1. The number of anilines is 2. The lowest BCUT2D eigenvalue weighted by Crippen LogP contribution is -2.38. The highest BCUT2D eigenvalue weighted by molar-refractivity contribution is 5.95. The maximum Gasteiger partial charge on any atom is 0.244 e. The van der Waals surface area contributed by atoms with E-state index in [1.807, 2.05) is 79.7 Å². The highest BCUT2D eigenvalue weighted by atomic mass is 16.2. The van der Waals surface area contributed by atoms with Crippen LogP contribution in [-0.4, -0.2) is 42.3 Å². The van der Waals surface area contributed by atoms with E-state index < -0.39 is 0 Å². The molecule has 5 rings (SSSR count). The van der Waals surface area contributed by atoms with Gasteiger partial charge in [0.25, 0.3) is 0 Å². The number of fused-ring (bicyclic) bond motifs is 1. The summed E-state index contributed by atoms with van der Waals surface area (Å²) in [6, 6.07) is 26.0. The van der Waals surface area contributed by atoms with Crippen LogP contribution in [0.25, 0.3) is 10.9 Å². The SMILES string of the molecule is Cc1[nH]c2ccccc2c1[C@H]1[C@H](CC(=O)N(CC(=O)Nc2ccc(N(C)C)cc2)Cc2ccccc2)C1(C)C. The molecule has 0 saturated heterocycles. The number of para-hydroxylation sites is 1. The zero-order chi connectivity index (χ0) is 27.7. The molecule has 0 aliphatic heterocycles. The number of carbonyl (C=O) groups excluding carboxylic acids is 2. The quantitative estimate of drug-likeness (QED) is 0.270. The molecule has 0 radical (unpaired) electrons. The number of benzene rings is 3. The predicted octanol–water partition coefficient (Wildman–Crippen LogP) is 6.34. The number of aromatic amines is 1. The van der Waals surface area contributed by atoms with Gasteiger partial charge in [-0.15, -0.1) is 0 Å². The van der Waals surface area contributed by atoms with Crippen molar-refractivity contribution in [1.29, 1.82) is 0 Å². The molecule has 4 aromatic rings. The second-order valence-electron chi connectivity index (χ2n) is 11.5. The maximum atomic E-state index is 13.8. The van der Waals surface area contributed by atoms with Gasteiger partial charge < -0.3 is 20.1 Å². The van der Waals surface area contributed by atoms with Crippen molar-refractivity contribution in [3.05, 3.63) is 95.7 Å². The van der Waals surface area contributed by atoms with Crippen molar-refractivity contribution < 1.29 is 9.59 Å². The van der Waals surface area contributed by atoms with Crippen LogP contribution in [0.3, 0.4) is 0 Å². The van der Waals surface area contributed by atoms with Gasteiger partial charge >= 0.3 is 0 Å². The van der Waals surface area contributed by atoms with E-state index in [-0.39, 0.29) is 29.7 Å². The smallest absolute Gasteiger partial charge is 0.244 e. The molecule has 0 bridgehead atoms. The Morgan fingerprint density at radius 3 is 2.28 bits per heavy atom. The van der Waals surface area contributed by atoms with Crippen LogP contribution in [0, 0.1) is 18.3 Å². The largest absolute Gasteiger partial charge is 0.378 e. The molecule has 3 aromatic carbocycles. The topological polar surface area (TPSA) is 68.4 Å². The van der Waals surface area contributed by atoms with Crippen LogP contribution in [0.2, 0.25) is 0 Å². The summed E-state index contributed by atoms with van der Waals surface area (Å²) in [7, 11) is 3.96. The van der Waals surface area contributed by atoms with Crippen molar-refractivity contribution >= 4 is 34.1 Å². The highest BCUT2D eigenvalue weighted by Crippen LogP contribution is 2.67. The van der Waals surface area contributed by atoms with Gasteiger partial charge in [-0.25, -0.2) is 0 Å². The molecule has 2 atom stereocenters. The van der Waals surface area contributed by atoms with Gasteiger partial charge in [-0.1, -0.05) is 62.4 Å². The van der Waals surface area contributed by atoms with E-state index in [9.17, 15) is 9.59 Å². The number of rotatable bonds is 9. The summed E-state index contributed by atoms with van der Waals surface area (Å²) in [5.74, 6) is 0.314. The number of nitrogens with zero attached hydrogens (tertiary/aromatic N) is 2. The summed E-state index contributed by atoms with van der Waals surface area (Å²) < 4.78 is 0. The van der Waals surface area contributed by atoms with Gasteiger partial charge in [0, 0.05) is 55.0 Å². The number of amides is 2. The lowest BCUT2D eigenvalue weighted by Gasteiger charge is -2.23. The highest BCUT2D eigenvalue weighted by Gasteiger charge is 2.59. The van der Waals surface area contributed by atoms with Crippen molar-refractivity contribution in [3.63, 3.8) is 0 Å². The van der Waals surface area contributed by atoms with E-state index in [1.54, 1.807) is 4.90 Å². The fourth-order valence-corrected chi connectivity index (χ4v) is 5.97. The van der Waals surface area contributed by atoms with Crippen molar-refractivity contribution in [3.8, 4) is 0 Å². The summed E-state index contributed by atoms with van der Waals surface area (Å²) in [5.41, 5.74) is 6.41. The summed E-state index contributed by atoms with van der Waals surface area (Å²) in [6.45, 7) is 7.04. The van der Waals surface area contributed by atoms with Crippen molar-refractivity contribution in [1.82, 2.24) is 9.88 Å². The maximum absolute atomic E-state index is 13.8. The van der Waals surface area contributed by atoms with Gasteiger partial charge in [0.1, 0.15) is 6.54 Å². The molecule has 2 amide bonds. The molecular weight excluding hydrogens is 484 g/mol. The van der Waals surface area contributed by atoms with Crippen LogP contribution in [-0.2, 0) is 16.1 Å². The Morgan fingerprint density at radius 1 is 0.923 bits per heavy atom. The zero-order valence-electron chi connectivity index (χ0n) is 23.5. The summed E-state index contributed by atoms with van der Waals surface area (Å²) in [4.78, 5) is 34.1. The Labute approximate surface area is 231 Å². The molecule has 2 N–H and O–H groups in total. The van der Waals surface area contributed by atoms with Crippen LogP contribution in [0.1, 0.15) is 43.0 Å². The van der Waals surface area contributed by atoms with Crippen molar-refractivity contribution in [2.24, 2.45) is 11.3 Å². The minimum atomic E-state index is -0.198. The molecule has 1 heterocycles. The van der Waals surface area contributed by atoms with E-state index in [4.69, 9.17) is 0 Å². The molecule has 39 heavy (non-hydrogen) atoms. The minimum Gasteiger partial charge on any atom is -0.378 e. The number of H-pyrrole nitrogens is 1. The van der Waals surface area contributed by atoms with Gasteiger partial charge in [-0.05, 0) is 65.6 Å². The Bertz CT molecular complexity index is 1470. The zero-order valence-corrected chi connectivity index (χ0v) is 23.5. The second kappa shape index (κ2) is 10.6. The molecule has 1 aromatic heterocycles. The van der Waals surface area contributed by atoms with E-state index in [2.05, 4.69) is 49.3 Å². The lowest BCUT2D eigenvalue weighted by atomic mass is 10.0. The third-order valence-corrected chi connectivity index (χ3v) is 8.27. The fraction of sp³-hybridized carbons (Fsp3) is 0.333. The van der Waals surface area contributed by atoms with E-state index in [1.165, 1.54) is 16.6 Å². The fourth-order valence-electron chi connectivity index (χ4n) is 5.97. The normalized spacial score (nSPS) is 17.6. The average molecular weight is 523 g/mol.